The summed E-state index contributed by atoms with van der Waals surface area (Å²) in [4.78, 5) is 0. The molecule has 3 rings (SSSR count). The van der Waals surface area contributed by atoms with Crippen molar-refractivity contribution in [1.29, 1.82) is 0 Å². The van der Waals surface area contributed by atoms with Gasteiger partial charge in [-0.1, -0.05) is 43.6 Å². The fourth-order valence-electron chi connectivity index (χ4n) is 2.76. The molecule has 3 aromatic rings. The summed E-state index contributed by atoms with van der Waals surface area (Å²) >= 11 is 9.56. The van der Waals surface area contributed by atoms with Crippen LogP contribution in [-0.4, -0.2) is 6.61 Å². The largest absolute Gasteiger partial charge is 0.457 e. The molecule has 0 unspecified atom stereocenters. The molecular weight excluding hydrogens is 443 g/mol. The summed E-state index contributed by atoms with van der Waals surface area (Å²) in [6, 6.07) is 19.6. The first kappa shape index (κ1) is 20.8. The molecule has 0 saturated carbocycles. The first-order chi connectivity index (χ1) is 13.3. The highest BCUT2D eigenvalue weighted by atomic mass is 79.9. The van der Waals surface area contributed by atoms with Gasteiger partial charge < -0.3 is 9.47 Å². The van der Waals surface area contributed by atoms with Crippen molar-refractivity contribution in [2.45, 2.75) is 25.9 Å². The van der Waals surface area contributed by atoms with E-state index in [1.54, 1.807) is 12.1 Å². The van der Waals surface area contributed by atoms with E-state index in [1.807, 2.05) is 42.5 Å². The zero-order valence-electron chi connectivity index (χ0n) is 15.7. The SMILES string of the molecule is CC(C)(COCc1cccc(Oc2ccc(F)cc2)c1)c1ccc(Cl)c(Br)c1. The molecule has 28 heavy (non-hydrogen) atoms. The minimum atomic E-state index is -0.287. The van der Waals surface area contributed by atoms with Crippen molar-refractivity contribution >= 4 is 27.5 Å². The predicted octanol–water partition coefficient (Wildman–Crippen LogP) is 7.53. The maximum atomic E-state index is 13.0. The topological polar surface area (TPSA) is 18.5 Å². The number of rotatable bonds is 7. The lowest BCUT2D eigenvalue weighted by Crippen LogP contribution is -2.24. The summed E-state index contributed by atoms with van der Waals surface area (Å²) in [6.45, 7) is 5.30. The van der Waals surface area contributed by atoms with Crippen molar-refractivity contribution in [1.82, 2.24) is 0 Å². The molecule has 0 aliphatic rings. The molecule has 0 heterocycles. The van der Waals surface area contributed by atoms with E-state index in [0.29, 0.717) is 29.7 Å². The lowest BCUT2D eigenvalue weighted by atomic mass is 9.86. The van der Waals surface area contributed by atoms with Crippen LogP contribution in [0.3, 0.4) is 0 Å². The monoisotopic (exact) mass is 462 g/mol. The van der Waals surface area contributed by atoms with Crippen molar-refractivity contribution in [3.05, 3.63) is 93.2 Å². The van der Waals surface area contributed by atoms with Crippen LogP contribution < -0.4 is 4.74 Å². The van der Waals surface area contributed by atoms with Gasteiger partial charge in [-0.05, 0) is 75.6 Å². The van der Waals surface area contributed by atoms with Crippen molar-refractivity contribution in [2.24, 2.45) is 0 Å². The number of hydrogen-bond donors (Lipinski definition) is 0. The van der Waals surface area contributed by atoms with Crippen LogP contribution in [0.25, 0.3) is 0 Å². The van der Waals surface area contributed by atoms with Crippen LogP contribution >= 0.6 is 27.5 Å². The second kappa shape index (κ2) is 9.08. The molecule has 146 valence electrons. The lowest BCUT2D eigenvalue weighted by Gasteiger charge is -2.25. The third-order valence-corrected chi connectivity index (χ3v) is 5.59. The zero-order chi connectivity index (χ0) is 20.1. The molecule has 0 N–H and O–H groups in total. The van der Waals surface area contributed by atoms with Gasteiger partial charge >= 0.3 is 0 Å². The molecule has 0 bridgehead atoms. The fraction of sp³-hybridized carbons (Fsp3) is 0.217. The summed E-state index contributed by atoms with van der Waals surface area (Å²) < 4.78 is 25.6. The molecule has 0 atom stereocenters. The Hall–Kier alpha value is -1.88. The average molecular weight is 464 g/mol. The minimum Gasteiger partial charge on any atom is -0.457 e. The summed E-state index contributed by atoms with van der Waals surface area (Å²) in [7, 11) is 0. The van der Waals surface area contributed by atoms with E-state index in [9.17, 15) is 4.39 Å². The average Bonchev–Trinajstić information content (AvgIpc) is 2.66. The van der Waals surface area contributed by atoms with Crippen molar-refractivity contribution in [3.8, 4) is 11.5 Å². The van der Waals surface area contributed by atoms with E-state index in [2.05, 4.69) is 29.8 Å². The Morgan fingerprint density at radius 2 is 1.71 bits per heavy atom. The van der Waals surface area contributed by atoms with Gasteiger partial charge in [-0.15, -0.1) is 0 Å². The molecule has 0 radical (unpaired) electrons. The highest BCUT2D eigenvalue weighted by Gasteiger charge is 2.21. The van der Waals surface area contributed by atoms with Crippen LogP contribution in [0.1, 0.15) is 25.0 Å². The Labute approximate surface area is 178 Å². The lowest BCUT2D eigenvalue weighted by molar-refractivity contribution is 0.0824. The summed E-state index contributed by atoms with van der Waals surface area (Å²) in [6.07, 6.45) is 0. The summed E-state index contributed by atoms with van der Waals surface area (Å²) in [5.74, 6) is 0.993. The van der Waals surface area contributed by atoms with E-state index in [4.69, 9.17) is 21.1 Å². The summed E-state index contributed by atoms with van der Waals surface area (Å²) in [5.41, 5.74) is 2.00. The van der Waals surface area contributed by atoms with Gasteiger partial charge in [0.2, 0.25) is 0 Å². The minimum absolute atomic E-state index is 0.157. The highest BCUT2D eigenvalue weighted by molar-refractivity contribution is 9.10. The second-order valence-corrected chi connectivity index (χ2v) is 8.47. The number of halogens is 3. The molecule has 2 nitrogen and oxygen atoms in total. The Balaban J connectivity index is 1.59. The first-order valence-corrected chi connectivity index (χ1v) is 10.1. The van der Waals surface area contributed by atoms with Crippen LogP contribution in [0.15, 0.2) is 71.2 Å². The fourth-order valence-corrected chi connectivity index (χ4v) is 3.26. The first-order valence-electron chi connectivity index (χ1n) is 8.89. The van der Waals surface area contributed by atoms with Crippen molar-refractivity contribution < 1.29 is 13.9 Å². The van der Waals surface area contributed by atoms with Crippen LogP contribution in [0.2, 0.25) is 5.02 Å². The van der Waals surface area contributed by atoms with E-state index >= 15 is 0 Å². The van der Waals surface area contributed by atoms with Gasteiger partial charge in [0, 0.05) is 9.89 Å². The van der Waals surface area contributed by atoms with Crippen molar-refractivity contribution in [2.75, 3.05) is 6.61 Å². The maximum absolute atomic E-state index is 13.0. The number of hydrogen-bond acceptors (Lipinski definition) is 2. The highest BCUT2D eigenvalue weighted by Crippen LogP contribution is 2.31. The van der Waals surface area contributed by atoms with E-state index in [-0.39, 0.29) is 11.2 Å². The van der Waals surface area contributed by atoms with Crippen molar-refractivity contribution in [3.63, 3.8) is 0 Å². The zero-order valence-corrected chi connectivity index (χ0v) is 18.1. The Morgan fingerprint density at radius 1 is 0.964 bits per heavy atom. The quantitative estimate of drug-likeness (QED) is 0.360. The molecule has 5 heteroatoms. The van der Waals surface area contributed by atoms with Gasteiger partial charge in [-0.3, -0.25) is 0 Å². The van der Waals surface area contributed by atoms with E-state index < -0.39 is 0 Å². The van der Waals surface area contributed by atoms with Gasteiger partial charge in [-0.2, -0.15) is 0 Å². The number of benzene rings is 3. The van der Waals surface area contributed by atoms with Crippen LogP contribution in [-0.2, 0) is 16.8 Å². The standard InChI is InChI=1S/C23H21BrClFO2/c1-23(2,17-6-11-22(25)21(24)13-17)15-27-14-16-4-3-5-20(12-16)28-19-9-7-18(26)8-10-19/h3-13H,14-15H2,1-2H3. The van der Waals surface area contributed by atoms with Gasteiger partial charge in [0.05, 0.1) is 18.2 Å². The van der Waals surface area contributed by atoms with Gasteiger partial charge in [0.1, 0.15) is 17.3 Å². The maximum Gasteiger partial charge on any atom is 0.127 e. The Kier molecular flexibility index (Phi) is 6.76. The summed E-state index contributed by atoms with van der Waals surface area (Å²) in [5, 5.41) is 0.693. The number of ether oxygens (including phenoxy) is 2. The molecule has 0 amide bonds. The van der Waals surface area contributed by atoms with Gasteiger partial charge in [0.15, 0.2) is 0 Å². The molecule has 0 aromatic heterocycles. The third-order valence-electron chi connectivity index (χ3n) is 4.38. The molecule has 0 fully saturated rings. The van der Waals surface area contributed by atoms with E-state index in [1.165, 1.54) is 12.1 Å². The molecule has 0 spiro atoms. The predicted molar refractivity (Wildman–Crippen MR) is 115 cm³/mol. The van der Waals surface area contributed by atoms with Crippen LogP contribution in [0.4, 0.5) is 4.39 Å². The van der Waals surface area contributed by atoms with Gasteiger partial charge in [0.25, 0.3) is 0 Å². The van der Waals surface area contributed by atoms with E-state index in [0.717, 1.165) is 15.6 Å². The van der Waals surface area contributed by atoms with Crippen LogP contribution in [0.5, 0.6) is 11.5 Å². The molecule has 3 aromatic carbocycles. The molecule has 0 aliphatic carbocycles. The third kappa shape index (κ3) is 5.57. The molecular formula is C23H21BrClFO2. The molecule has 0 aliphatic heterocycles. The van der Waals surface area contributed by atoms with Crippen LogP contribution in [0, 0.1) is 5.82 Å². The normalized spacial score (nSPS) is 11.5. The Morgan fingerprint density at radius 3 is 2.43 bits per heavy atom. The second-order valence-electron chi connectivity index (χ2n) is 7.21. The molecule has 0 saturated heterocycles. The smallest absolute Gasteiger partial charge is 0.127 e. The Bertz CT molecular complexity index is 942. The van der Waals surface area contributed by atoms with Gasteiger partial charge in [-0.25, -0.2) is 4.39 Å².